The van der Waals surface area contributed by atoms with Crippen molar-refractivity contribution < 1.29 is 15.0 Å². The van der Waals surface area contributed by atoms with Crippen molar-refractivity contribution in [3.05, 3.63) is 34.9 Å². The van der Waals surface area contributed by atoms with Gasteiger partial charge in [-0.15, -0.1) is 0 Å². The number of carboxylic acid groups (broad SMARTS) is 1. The number of hydrogen-bond donors (Lipinski definition) is 5. The van der Waals surface area contributed by atoms with Gasteiger partial charge in [-0.05, 0) is 24.6 Å². The van der Waals surface area contributed by atoms with E-state index in [1.54, 1.807) is 13.0 Å². The van der Waals surface area contributed by atoms with E-state index in [0.29, 0.717) is 33.3 Å². The van der Waals surface area contributed by atoms with Crippen molar-refractivity contribution in [1.29, 1.82) is 0 Å². The Labute approximate surface area is 163 Å². The van der Waals surface area contributed by atoms with Crippen LogP contribution >= 0.6 is 23.4 Å². The van der Waals surface area contributed by atoms with Crippen LogP contribution < -0.4 is 10.6 Å². The zero-order chi connectivity index (χ0) is 19.4. The lowest BCUT2D eigenvalue weighted by molar-refractivity contribution is 0.209. The highest BCUT2D eigenvalue weighted by Crippen LogP contribution is 2.31. The van der Waals surface area contributed by atoms with Crippen molar-refractivity contribution in [2.24, 2.45) is 0 Å². The Bertz CT molecular complexity index is 921. The fourth-order valence-corrected chi connectivity index (χ4v) is 3.29. The smallest absolute Gasteiger partial charge is 0.411 e. The molecule has 5 N–H and O–H groups in total. The fourth-order valence-electron chi connectivity index (χ4n) is 2.26. The van der Waals surface area contributed by atoms with Crippen LogP contribution in [0.4, 0.5) is 16.6 Å². The molecule has 0 aromatic heterocycles. The van der Waals surface area contributed by atoms with Crippen LogP contribution in [0.1, 0.15) is 12.5 Å². The molecule has 0 aliphatic carbocycles. The van der Waals surface area contributed by atoms with E-state index in [4.69, 9.17) is 16.7 Å². The standard InChI is InChI=1S/C16H17ClN6O3S/c1-8(6-24)18-12-11-13(20-14(19-11)23-16(25)26)22-15(21-12)27-7-9-3-2-4-10(17)5-9/h2-5,8,24H,6-7H2,1H3,(H,25,26)(H3,18,19,20,21,22,23)/t8-/m1/s1. The average molecular weight is 409 g/mol. The van der Waals surface area contributed by atoms with Crippen LogP contribution in [0.25, 0.3) is 11.5 Å². The van der Waals surface area contributed by atoms with Gasteiger partial charge in [0.25, 0.3) is 0 Å². The van der Waals surface area contributed by atoms with Crippen molar-refractivity contribution in [2.75, 3.05) is 17.2 Å². The summed E-state index contributed by atoms with van der Waals surface area (Å²) in [5.74, 6) is 1.36. The normalized spacial score (nSPS) is 12.1. The first kappa shape index (κ1) is 19.2. The lowest BCUT2D eigenvalue weighted by Gasteiger charge is -2.15. The molecule has 2 aliphatic heterocycles. The summed E-state index contributed by atoms with van der Waals surface area (Å²) in [4.78, 5) is 26.6. The molecule has 0 fully saturated rings. The number of amides is 1. The molecule has 9 nitrogen and oxygen atoms in total. The number of carbonyl (C=O) groups is 1. The van der Waals surface area contributed by atoms with Crippen LogP contribution in [-0.2, 0) is 5.75 Å². The Morgan fingerprint density at radius 2 is 2.19 bits per heavy atom. The van der Waals surface area contributed by atoms with E-state index < -0.39 is 6.09 Å². The topological polar surface area (TPSA) is 136 Å². The number of aromatic amines is 1. The molecule has 1 atom stereocenters. The van der Waals surface area contributed by atoms with Gasteiger partial charge in [0.2, 0.25) is 5.95 Å². The summed E-state index contributed by atoms with van der Waals surface area (Å²) >= 11 is 7.44. The summed E-state index contributed by atoms with van der Waals surface area (Å²) in [6, 6.07) is 7.27. The summed E-state index contributed by atoms with van der Waals surface area (Å²) in [5.41, 5.74) is 1.41. The highest BCUT2D eigenvalue weighted by atomic mass is 35.5. The molecule has 1 amide bonds. The Hall–Kier alpha value is -2.56. The number of fused-ring (bicyclic) bond motifs is 1. The maximum absolute atomic E-state index is 10.8. The first-order valence-electron chi connectivity index (χ1n) is 7.97. The van der Waals surface area contributed by atoms with Gasteiger partial charge in [-0.3, -0.25) is 5.32 Å². The van der Waals surface area contributed by atoms with Crippen molar-refractivity contribution in [3.8, 4) is 11.5 Å². The molecule has 11 heteroatoms. The maximum atomic E-state index is 10.8. The van der Waals surface area contributed by atoms with E-state index in [9.17, 15) is 9.90 Å². The van der Waals surface area contributed by atoms with Crippen LogP contribution in [0.15, 0.2) is 29.4 Å². The molecule has 27 heavy (non-hydrogen) atoms. The molecule has 1 aromatic rings. The maximum Gasteiger partial charge on any atom is 0.411 e. The largest absolute Gasteiger partial charge is 0.465 e. The number of aromatic nitrogens is 4. The van der Waals surface area contributed by atoms with Gasteiger partial charge in [0.1, 0.15) is 5.82 Å². The molecule has 0 radical (unpaired) electrons. The molecule has 2 aliphatic rings. The van der Waals surface area contributed by atoms with Gasteiger partial charge in [-0.2, -0.15) is 4.98 Å². The second-order valence-corrected chi connectivity index (χ2v) is 7.11. The highest BCUT2D eigenvalue weighted by Gasteiger charge is 2.21. The van der Waals surface area contributed by atoms with Gasteiger partial charge in [0.05, 0.1) is 6.61 Å². The predicted octanol–water partition coefficient (Wildman–Crippen LogP) is 3.13. The summed E-state index contributed by atoms with van der Waals surface area (Å²) in [7, 11) is 0. The molecule has 0 spiro atoms. The number of aliphatic hydroxyl groups excluding tert-OH is 1. The van der Waals surface area contributed by atoms with E-state index in [1.165, 1.54) is 11.8 Å². The minimum atomic E-state index is -1.26. The van der Waals surface area contributed by atoms with Gasteiger partial charge < -0.3 is 20.5 Å². The second kappa shape index (κ2) is 8.42. The lowest BCUT2D eigenvalue weighted by Crippen LogP contribution is -2.21. The number of imidazole rings is 1. The molecular weight excluding hydrogens is 392 g/mol. The van der Waals surface area contributed by atoms with Crippen LogP contribution in [0.3, 0.4) is 0 Å². The number of anilines is 2. The van der Waals surface area contributed by atoms with E-state index in [0.717, 1.165) is 5.56 Å². The van der Waals surface area contributed by atoms with Crippen molar-refractivity contribution >= 4 is 41.2 Å². The first-order valence-corrected chi connectivity index (χ1v) is 9.33. The number of rotatable bonds is 7. The molecule has 2 heterocycles. The quantitative estimate of drug-likeness (QED) is 0.297. The van der Waals surface area contributed by atoms with Crippen molar-refractivity contribution in [2.45, 2.75) is 23.9 Å². The zero-order valence-corrected chi connectivity index (χ0v) is 15.8. The molecule has 3 rings (SSSR count). The summed E-state index contributed by atoms with van der Waals surface area (Å²) in [6.45, 7) is 1.71. The van der Waals surface area contributed by atoms with Crippen molar-refractivity contribution in [1.82, 2.24) is 19.9 Å². The Balaban J connectivity index is 1.89. The van der Waals surface area contributed by atoms with E-state index in [2.05, 4.69) is 30.6 Å². The number of aliphatic hydroxyl groups is 1. The van der Waals surface area contributed by atoms with Gasteiger partial charge in [0, 0.05) is 16.8 Å². The summed E-state index contributed by atoms with van der Waals surface area (Å²) in [5, 5.41) is 24.6. The molecule has 0 saturated heterocycles. The number of halogens is 1. The van der Waals surface area contributed by atoms with Gasteiger partial charge in [-0.1, -0.05) is 35.5 Å². The average Bonchev–Trinajstić information content (AvgIpc) is 3.01. The van der Waals surface area contributed by atoms with E-state index in [-0.39, 0.29) is 18.6 Å². The summed E-state index contributed by atoms with van der Waals surface area (Å²) < 4.78 is 0. The molecule has 1 aromatic carbocycles. The molecular formula is C16H17ClN6O3S. The first-order chi connectivity index (χ1) is 12.9. The zero-order valence-electron chi connectivity index (χ0n) is 14.2. The number of nitrogens with zero attached hydrogens (tertiary/aromatic N) is 3. The van der Waals surface area contributed by atoms with E-state index >= 15 is 0 Å². The number of hydrogen-bond acceptors (Lipinski definition) is 7. The number of thioether (sulfide) groups is 1. The van der Waals surface area contributed by atoms with Gasteiger partial charge >= 0.3 is 6.09 Å². The van der Waals surface area contributed by atoms with Crippen molar-refractivity contribution in [3.63, 3.8) is 0 Å². The summed E-state index contributed by atoms with van der Waals surface area (Å²) in [6.07, 6.45) is -1.26. The van der Waals surface area contributed by atoms with Gasteiger partial charge in [-0.25, -0.2) is 14.8 Å². The lowest BCUT2D eigenvalue weighted by atomic mass is 10.2. The fraction of sp³-hybridized carbons (Fsp3) is 0.250. The second-order valence-electron chi connectivity index (χ2n) is 5.71. The highest BCUT2D eigenvalue weighted by molar-refractivity contribution is 7.98. The van der Waals surface area contributed by atoms with Crippen LogP contribution in [0.5, 0.6) is 0 Å². The Morgan fingerprint density at radius 1 is 1.37 bits per heavy atom. The Kier molecular flexibility index (Phi) is 5.99. The third kappa shape index (κ3) is 5.00. The number of H-pyrrole nitrogens is 1. The minimum absolute atomic E-state index is 0.0601. The SMILES string of the molecule is C[C@H](CO)Nc1[nH]c(SCc2cccc(Cl)c2)nc2nc(NC(=O)O)nc1-2. The predicted molar refractivity (Wildman–Crippen MR) is 104 cm³/mol. The van der Waals surface area contributed by atoms with E-state index in [1.807, 2.05) is 18.2 Å². The van der Waals surface area contributed by atoms with Crippen LogP contribution in [-0.4, -0.2) is 48.9 Å². The van der Waals surface area contributed by atoms with Crippen LogP contribution in [0.2, 0.25) is 5.02 Å². The minimum Gasteiger partial charge on any atom is -0.465 e. The molecule has 0 saturated carbocycles. The monoisotopic (exact) mass is 408 g/mol. The number of benzene rings is 1. The Morgan fingerprint density at radius 3 is 2.89 bits per heavy atom. The molecule has 142 valence electrons. The van der Waals surface area contributed by atoms with Gasteiger partial charge in [0.15, 0.2) is 16.7 Å². The van der Waals surface area contributed by atoms with Crippen LogP contribution in [0, 0.1) is 0 Å². The third-order valence-electron chi connectivity index (χ3n) is 3.47. The molecule has 0 unspecified atom stereocenters. The number of nitrogens with one attached hydrogen (secondary N) is 3. The molecule has 0 bridgehead atoms. The third-order valence-corrected chi connectivity index (χ3v) is 4.64.